The van der Waals surface area contributed by atoms with Gasteiger partial charge in [0, 0.05) is 11.6 Å². The maximum Gasteiger partial charge on any atom is 0.274 e. The summed E-state index contributed by atoms with van der Waals surface area (Å²) in [7, 11) is 1.59. The minimum atomic E-state index is -0.175. The third-order valence-corrected chi connectivity index (χ3v) is 3.18. The summed E-state index contributed by atoms with van der Waals surface area (Å²) in [6, 6.07) is 5.30. The van der Waals surface area contributed by atoms with Crippen LogP contribution in [0.1, 0.15) is 5.56 Å². The van der Waals surface area contributed by atoms with E-state index in [2.05, 4.69) is 10.1 Å². The fraction of sp³-hybridized carbons (Fsp3) is 0.167. The molecule has 3 aromatic rings. The lowest BCUT2D eigenvalue weighted by Gasteiger charge is -2.09. The molecule has 0 fully saturated rings. The molecule has 3 rings (SSSR count). The molecule has 0 amide bonds. The summed E-state index contributed by atoms with van der Waals surface area (Å²) in [6.45, 7) is 0. The topological polar surface area (TPSA) is 59.4 Å². The molecule has 0 spiro atoms. The molecule has 6 heteroatoms. The molecule has 0 aliphatic rings. The van der Waals surface area contributed by atoms with E-state index in [1.165, 1.54) is 0 Å². The molecule has 1 N–H and O–H groups in total. The second kappa shape index (κ2) is 4.03. The largest absolute Gasteiger partial charge is 0.496 e. The van der Waals surface area contributed by atoms with Crippen LogP contribution in [0.5, 0.6) is 5.75 Å². The smallest absolute Gasteiger partial charge is 0.274 e. The van der Waals surface area contributed by atoms with Gasteiger partial charge in [-0.05, 0) is 12.1 Å². The van der Waals surface area contributed by atoms with Crippen LogP contribution in [0, 0.1) is 0 Å². The molecule has 0 atom stereocenters. The summed E-state index contributed by atoms with van der Waals surface area (Å²) in [5.74, 6) is 1.000. The fourth-order valence-electron chi connectivity index (χ4n) is 2.04. The van der Waals surface area contributed by atoms with Crippen LogP contribution in [-0.4, -0.2) is 21.7 Å². The zero-order chi connectivity index (χ0) is 12.7. The number of alkyl halides is 1. The van der Waals surface area contributed by atoms with Gasteiger partial charge in [-0.25, -0.2) is 4.52 Å². The lowest BCUT2D eigenvalue weighted by molar-refractivity contribution is 0.411. The number of hydrogen-bond donors (Lipinski definition) is 1. The van der Waals surface area contributed by atoms with Crippen molar-refractivity contribution in [1.29, 1.82) is 0 Å². The minimum Gasteiger partial charge on any atom is -0.496 e. The molecule has 0 saturated carbocycles. The van der Waals surface area contributed by atoms with Crippen molar-refractivity contribution in [2.75, 3.05) is 7.11 Å². The van der Waals surface area contributed by atoms with Gasteiger partial charge in [0.15, 0.2) is 0 Å². The Morgan fingerprint density at radius 3 is 3.00 bits per heavy atom. The first-order valence-electron chi connectivity index (χ1n) is 5.37. The highest BCUT2D eigenvalue weighted by Gasteiger charge is 2.10. The number of benzene rings is 1. The summed E-state index contributed by atoms with van der Waals surface area (Å²) >= 11 is 5.85. The summed E-state index contributed by atoms with van der Waals surface area (Å²) < 4.78 is 6.87. The Hall–Kier alpha value is -2.01. The fourth-order valence-corrected chi connectivity index (χ4v) is 2.25. The van der Waals surface area contributed by atoms with Crippen molar-refractivity contribution in [2.45, 2.75) is 5.88 Å². The molecule has 2 heterocycles. The van der Waals surface area contributed by atoms with Gasteiger partial charge in [0.1, 0.15) is 11.3 Å². The predicted octanol–water partition coefficient (Wildman–Crippen LogP) is 1.92. The van der Waals surface area contributed by atoms with E-state index in [1.807, 2.05) is 12.1 Å². The van der Waals surface area contributed by atoms with Crippen molar-refractivity contribution in [1.82, 2.24) is 14.6 Å². The Morgan fingerprint density at radius 1 is 1.44 bits per heavy atom. The summed E-state index contributed by atoms with van der Waals surface area (Å²) in [6.07, 6.45) is 1.59. The highest BCUT2D eigenvalue weighted by molar-refractivity contribution is 6.17. The van der Waals surface area contributed by atoms with Crippen molar-refractivity contribution < 1.29 is 4.74 Å². The van der Waals surface area contributed by atoms with Crippen LogP contribution in [0.25, 0.3) is 16.6 Å². The van der Waals surface area contributed by atoms with Crippen LogP contribution in [0.2, 0.25) is 0 Å². The Morgan fingerprint density at radius 2 is 2.28 bits per heavy atom. The lowest BCUT2D eigenvalue weighted by atomic mass is 10.2. The number of aromatic nitrogens is 3. The lowest BCUT2D eigenvalue weighted by Crippen LogP contribution is -2.10. The second-order valence-corrected chi connectivity index (χ2v) is 4.16. The summed E-state index contributed by atoms with van der Waals surface area (Å²) in [4.78, 5) is 14.6. The van der Waals surface area contributed by atoms with Gasteiger partial charge in [-0.3, -0.25) is 4.79 Å². The molecular formula is C12H10ClN3O2. The SMILES string of the molecule is COc1cc2c(cc1CCl)[nH]c(=O)c1ccnn12. The highest BCUT2D eigenvalue weighted by atomic mass is 35.5. The Kier molecular flexibility index (Phi) is 2.48. The summed E-state index contributed by atoms with van der Waals surface area (Å²) in [5.41, 5.74) is 2.62. The highest BCUT2D eigenvalue weighted by Crippen LogP contribution is 2.25. The summed E-state index contributed by atoms with van der Waals surface area (Å²) in [5, 5.41) is 4.15. The number of nitrogens with zero attached hydrogens (tertiary/aromatic N) is 2. The standard InChI is InChI=1S/C12H10ClN3O2/c1-18-11-5-10-8(4-7(11)6-13)15-12(17)9-2-3-14-16(9)10/h2-5H,6H2,1H3,(H,15,17). The van der Waals surface area contributed by atoms with Crippen LogP contribution in [-0.2, 0) is 5.88 Å². The number of H-pyrrole nitrogens is 1. The first-order valence-corrected chi connectivity index (χ1v) is 5.90. The van der Waals surface area contributed by atoms with Gasteiger partial charge in [0.2, 0.25) is 0 Å². The van der Waals surface area contributed by atoms with E-state index in [0.29, 0.717) is 22.7 Å². The Balaban J connectivity index is 2.50. The van der Waals surface area contributed by atoms with E-state index in [4.69, 9.17) is 16.3 Å². The average molecular weight is 264 g/mol. The van der Waals surface area contributed by atoms with Crippen LogP contribution in [0.3, 0.4) is 0 Å². The third-order valence-electron chi connectivity index (χ3n) is 2.89. The van der Waals surface area contributed by atoms with Crippen LogP contribution >= 0.6 is 11.6 Å². The quantitative estimate of drug-likeness (QED) is 0.719. The molecule has 2 aromatic heterocycles. The molecular weight excluding hydrogens is 254 g/mol. The van der Waals surface area contributed by atoms with Gasteiger partial charge in [-0.15, -0.1) is 11.6 Å². The first-order chi connectivity index (χ1) is 8.74. The first kappa shape index (κ1) is 11.1. The van der Waals surface area contributed by atoms with Crippen molar-refractivity contribution in [3.05, 3.63) is 40.3 Å². The number of hydrogen-bond acceptors (Lipinski definition) is 3. The van der Waals surface area contributed by atoms with E-state index in [-0.39, 0.29) is 5.56 Å². The van der Waals surface area contributed by atoms with Gasteiger partial charge >= 0.3 is 0 Å². The zero-order valence-electron chi connectivity index (χ0n) is 9.61. The number of ether oxygens (including phenoxy) is 1. The second-order valence-electron chi connectivity index (χ2n) is 3.90. The minimum absolute atomic E-state index is 0.175. The van der Waals surface area contributed by atoms with E-state index < -0.39 is 0 Å². The number of aromatic amines is 1. The molecule has 0 bridgehead atoms. The van der Waals surface area contributed by atoms with Crippen molar-refractivity contribution in [2.24, 2.45) is 0 Å². The Bertz CT molecular complexity index is 791. The number of nitrogens with one attached hydrogen (secondary N) is 1. The molecule has 18 heavy (non-hydrogen) atoms. The molecule has 0 aliphatic heterocycles. The third kappa shape index (κ3) is 1.48. The molecule has 0 radical (unpaired) electrons. The average Bonchev–Trinajstić information content (AvgIpc) is 2.87. The molecule has 1 aromatic carbocycles. The van der Waals surface area contributed by atoms with Crippen LogP contribution in [0.15, 0.2) is 29.2 Å². The van der Waals surface area contributed by atoms with E-state index in [9.17, 15) is 4.79 Å². The maximum atomic E-state index is 11.8. The maximum absolute atomic E-state index is 11.8. The molecule has 5 nitrogen and oxygen atoms in total. The van der Waals surface area contributed by atoms with Gasteiger partial charge in [-0.2, -0.15) is 5.10 Å². The van der Waals surface area contributed by atoms with Gasteiger partial charge in [0.25, 0.3) is 5.56 Å². The zero-order valence-corrected chi connectivity index (χ0v) is 10.4. The monoisotopic (exact) mass is 263 g/mol. The molecule has 0 aliphatic carbocycles. The van der Waals surface area contributed by atoms with Crippen LogP contribution < -0.4 is 10.3 Å². The van der Waals surface area contributed by atoms with Gasteiger partial charge < -0.3 is 9.72 Å². The normalized spacial score (nSPS) is 11.2. The van der Waals surface area contributed by atoms with E-state index in [1.54, 1.807) is 23.9 Å². The van der Waals surface area contributed by atoms with Crippen molar-refractivity contribution in [3.63, 3.8) is 0 Å². The number of halogens is 1. The van der Waals surface area contributed by atoms with E-state index >= 15 is 0 Å². The number of fused-ring (bicyclic) bond motifs is 3. The molecule has 92 valence electrons. The molecule has 0 unspecified atom stereocenters. The van der Waals surface area contributed by atoms with E-state index in [0.717, 1.165) is 11.1 Å². The predicted molar refractivity (Wildman–Crippen MR) is 69.4 cm³/mol. The van der Waals surface area contributed by atoms with Crippen molar-refractivity contribution >= 4 is 28.2 Å². The number of methoxy groups -OCH3 is 1. The molecule has 0 saturated heterocycles. The van der Waals surface area contributed by atoms with Crippen LogP contribution in [0.4, 0.5) is 0 Å². The number of rotatable bonds is 2. The Labute approximate surface area is 107 Å². The van der Waals surface area contributed by atoms with Gasteiger partial charge in [-0.1, -0.05) is 0 Å². The van der Waals surface area contributed by atoms with Gasteiger partial charge in [0.05, 0.1) is 30.2 Å². The van der Waals surface area contributed by atoms with Crippen molar-refractivity contribution in [3.8, 4) is 5.75 Å².